The molecule has 154 valence electrons. The van der Waals surface area contributed by atoms with Crippen molar-refractivity contribution in [3.63, 3.8) is 0 Å². The maximum atomic E-state index is 12.2. The number of nitrogens with zero attached hydrogens (tertiary/aromatic N) is 1. The maximum absolute atomic E-state index is 12.2. The minimum absolute atomic E-state index is 0.175. The molecule has 0 unspecified atom stereocenters. The molecular weight excluding hydrogens is 356 g/mol. The molecule has 1 aromatic rings. The number of carbonyl (C=O) groups excluding carboxylic acids is 2. The van der Waals surface area contributed by atoms with Gasteiger partial charge < -0.3 is 14.8 Å². The van der Waals surface area contributed by atoms with Crippen molar-refractivity contribution >= 4 is 11.9 Å². The fraction of sp³-hybridized carbons (Fsp3) is 0.636. The van der Waals surface area contributed by atoms with Crippen LogP contribution in [0.3, 0.4) is 0 Å². The minimum atomic E-state index is -0.460. The molecule has 0 spiro atoms. The fourth-order valence-corrected chi connectivity index (χ4v) is 4.01. The molecule has 1 aliphatic heterocycles. The summed E-state index contributed by atoms with van der Waals surface area (Å²) in [6.07, 6.45) is 3.34. The first kappa shape index (κ1) is 20.8. The van der Waals surface area contributed by atoms with E-state index in [0.717, 1.165) is 51.3 Å². The second-order valence-electron chi connectivity index (χ2n) is 8.10. The molecule has 28 heavy (non-hydrogen) atoms. The summed E-state index contributed by atoms with van der Waals surface area (Å²) in [7, 11) is 0. The van der Waals surface area contributed by atoms with Crippen LogP contribution in [0, 0.1) is 11.8 Å². The van der Waals surface area contributed by atoms with Crippen LogP contribution < -0.4 is 5.32 Å². The SMILES string of the molecule is C[C@@H]1[C@H](C)CCC[C@@H]1NC(=O)COC(=O)c1ccc(CN2CCOCC2)cc1. The molecule has 2 fully saturated rings. The topological polar surface area (TPSA) is 67.9 Å². The number of esters is 1. The van der Waals surface area contributed by atoms with Crippen molar-refractivity contribution in [2.75, 3.05) is 32.9 Å². The maximum Gasteiger partial charge on any atom is 0.338 e. The molecule has 1 saturated carbocycles. The van der Waals surface area contributed by atoms with E-state index in [-0.39, 0.29) is 18.6 Å². The number of benzene rings is 1. The highest BCUT2D eigenvalue weighted by Gasteiger charge is 2.28. The highest BCUT2D eigenvalue weighted by molar-refractivity contribution is 5.91. The average Bonchev–Trinajstić information content (AvgIpc) is 2.71. The molecule has 6 heteroatoms. The van der Waals surface area contributed by atoms with Crippen LogP contribution in [0.5, 0.6) is 0 Å². The molecule has 0 aromatic heterocycles. The predicted molar refractivity (Wildman–Crippen MR) is 107 cm³/mol. The van der Waals surface area contributed by atoms with E-state index in [9.17, 15) is 9.59 Å². The Morgan fingerprint density at radius 1 is 1.14 bits per heavy atom. The molecule has 3 atom stereocenters. The third-order valence-corrected chi connectivity index (χ3v) is 6.09. The van der Waals surface area contributed by atoms with Crippen molar-refractivity contribution in [2.45, 2.75) is 45.7 Å². The van der Waals surface area contributed by atoms with E-state index >= 15 is 0 Å². The molecule has 2 aliphatic rings. The summed E-state index contributed by atoms with van der Waals surface area (Å²) in [5, 5.41) is 3.03. The number of nitrogens with one attached hydrogen (secondary N) is 1. The van der Waals surface area contributed by atoms with Crippen LogP contribution in [0.15, 0.2) is 24.3 Å². The van der Waals surface area contributed by atoms with Crippen molar-refractivity contribution in [2.24, 2.45) is 11.8 Å². The monoisotopic (exact) mass is 388 g/mol. The highest BCUT2D eigenvalue weighted by Crippen LogP contribution is 2.29. The average molecular weight is 389 g/mol. The lowest BCUT2D eigenvalue weighted by molar-refractivity contribution is -0.125. The number of ether oxygens (including phenoxy) is 2. The smallest absolute Gasteiger partial charge is 0.338 e. The first-order chi connectivity index (χ1) is 13.5. The van der Waals surface area contributed by atoms with Gasteiger partial charge in [-0.2, -0.15) is 0 Å². The fourth-order valence-electron chi connectivity index (χ4n) is 4.01. The molecule has 6 nitrogen and oxygen atoms in total. The lowest BCUT2D eigenvalue weighted by Gasteiger charge is -2.34. The summed E-state index contributed by atoms with van der Waals surface area (Å²) in [4.78, 5) is 26.7. The van der Waals surface area contributed by atoms with E-state index in [1.165, 1.54) is 6.42 Å². The molecule has 1 aromatic carbocycles. The number of hydrogen-bond acceptors (Lipinski definition) is 5. The Morgan fingerprint density at radius 3 is 2.57 bits per heavy atom. The first-order valence-corrected chi connectivity index (χ1v) is 10.4. The van der Waals surface area contributed by atoms with Crippen LogP contribution in [-0.2, 0) is 20.8 Å². The summed E-state index contributed by atoms with van der Waals surface area (Å²) in [6.45, 7) is 8.42. The van der Waals surface area contributed by atoms with E-state index in [4.69, 9.17) is 9.47 Å². The summed E-state index contributed by atoms with van der Waals surface area (Å²) >= 11 is 0. The summed E-state index contributed by atoms with van der Waals surface area (Å²) in [6, 6.07) is 7.59. The Balaban J connectivity index is 1.43. The molecule has 1 N–H and O–H groups in total. The Hall–Kier alpha value is -1.92. The van der Waals surface area contributed by atoms with Crippen LogP contribution in [0.25, 0.3) is 0 Å². The van der Waals surface area contributed by atoms with Crippen LogP contribution in [0.2, 0.25) is 0 Å². The van der Waals surface area contributed by atoms with Gasteiger partial charge in [-0.1, -0.05) is 38.8 Å². The van der Waals surface area contributed by atoms with E-state index < -0.39 is 5.97 Å². The van der Waals surface area contributed by atoms with Crippen LogP contribution in [0.1, 0.15) is 49.0 Å². The van der Waals surface area contributed by atoms with Gasteiger partial charge in [0.25, 0.3) is 5.91 Å². The standard InChI is InChI=1S/C22H32N2O4/c1-16-4-3-5-20(17(16)2)23-21(25)15-28-22(26)19-8-6-18(7-9-19)14-24-10-12-27-13-11-24/h6-9,16-17,20H,3-5,10-15H2,1-2H3,(H,23,25)/t16-,17-,20+/m1/s1. The van der Waals surface area contributed by atoms with Crippen molar-refractivity contribution in [1.29, 1.82) is 0 Å². The zero-order valence-electron chi connectivity index (χ0n) is 17.0. The second kappa shape index (κ2) is 10.0. The van der Waals surface area contributed by atoms with Crippen LogP contribution in [0.4, 0.5) is 0 Å². The van der Waals surface area contributed by atoms with Crippen molar-refractivity contribution in [1.82, 2.24) is 10.2 Å². The largest absolute Gasteiger partial charge is 0.452 e. The van der Waals surface area contributed by atoms with Gasteiger partial charge >= 0.3 is 5.97 Å². The molecular formula is C22H32N2O4. The van der Waals surface area contributed by atoms with Gasteiger partial charge in [0.2, 0.25) is 0 Å². The second-order valence-corrected chi connectivity index (χ2v) is 8.10. The number of morpholine rings is 1. The Kier molecular flexibility index (Phi) is 7.45. The van der Waals surface area contributed by atoms with Gasteiger partial charge in [0.15, 0.2) is 6.61 Å². The summed E-state index contributed by atoms with van der Waals surface area (Å²) < 4.78 is 10.6. The number of amides is 1. The highest BCUT2D eigenvalue weighted by atomic mass is 16.5. The van der Waals surface area contributed by atoms with Gasteiger partial charge in [-0.15, -0.1) is 0 Å². The van der Waals surface area contributed by atoms with Crippen LogP contribution >= 0.6 is 0 Å². The van der Waals surface area contributed by atoms with Gasteiger partial charge in [0.1, 0.15) is 0 Å². The van der Waals surface area contributed by atoms with Gasteiger partial charge in [-0.3, -0.25) is 9.69 Å². The van der Waals surface area contributed by atoms with E-state index in [0.29, 0.717) is 17.4 Å². The Labute approximate surface area is 167 Å². The molecule has 0 bridgehead atoms. The van der Waals surface area contributed by atoms with Crippen LogP contribution in [-0.4, -0.2) is 55.7 Å². The lowest BCUT2D eigenvalue weighted by atomic mass is 9.78. The summed E-state index contributed by atoms with van der Waals surface area (Å²) in [5.74, 6) is 0.381. The molecule has 0 radical (unpaired) electrons. The molecule has 1 heterocycles. The van der Waals surface area contributed by atoms with Gasteiger partial charge in [0, 0.05) is 25.7 Å². The zero-order valence-corrected chi connectivity index (χ0v) is 17.0. The van der Waals surface area contributed by atoms with E-state index in [1.54, 1.807) is 12.1 Å². The van der Waals surface area contributed by atoms with Gasteiger partial charge in [0.05, 0.1) is 18.8 Å². The molecule has 3 rings (SSSR count). The molecule has 1 aliphatic carbocycles. The quantitative estimate of drug-likeness (QED) is 0.759. The Bertz CT molecular complexity index is 655. The third kappa shape index (κ3) is 5.79. The minimum Gasteiger partial charge on any atom is -0.452 e. The van der Waals surface area contributed by atoms with Gasteiger partial charge in [-0.25, -0.2) is 4.79 Å². The Morgan fingerprint density at radius 2 is 1.86 bits per heavy atom. The lowest BCUT2D eigenvalue weighted by Crippen LogP contribution is -2.45. The number of rotatable bonds is 6. The van der Waals surface area contributed by atoms with E-state index in [2.05, 4.69) is 24.1 Å². The van der Waals surface area contributed by atoms with Gasteiger partial charge in [-0.05, 0) is 36.0 Å². The zero-order chi connectivity index (χ0) is 19.9. The predicted octanol–water partition coefficient (Wildman–Crippen LogP) is 2.62. The summed E-state index contributed by atoms with van der Waals surface area (Å²) in [5.41, 5.74) is 1.62. The van der Waals surface area contributed by atoms with Crippen molar-refractivity contribution in [3.8, 4) is 0 Å². The third-order valence-electron chi connectivity index (χ3n) is 6.09. The number of carbonyl (C=O) groups is 2. The van der Waals surface area contributed by atoms with E-state index in [1.807, 2.05) is 12.1 Å². The normalized spacial score (nSPS) is 25.9. The van der Waals surface area contributed by atoms with Crippen molar-refractivity contribution < 1.29 is 19.1 Å². The van der Waals surface area contributed by atoms with Crippen molar-refractivity contribution in [3.05, 3.63) is 35.4 Å². The molecule has 1 saturated heterocycles. The molecule has 1 amide bonds. The number of hydrogen-bond donors (Lipinski definition) is 1. The first-order valence-electron chi connectivity index (χ1n) is 10.4.